The Hall–Kier alpha value is -0.650. The van der Waals surface area contributed by atoms with Crippen molar-refractivity contribution in [3.8, 4) is 0 Å². The van der Waals surface area contributed by atoms with E-state index in [9.17, 15) is 9.59 Å². The maximum absolute atomic E-state index is 9.92. The number of carboxylic acid groups (broad SMARTS) is 1. The van der Waals surface area contributed by atoms with Crippen molar-refractivity contribution < 1.29 is 24.2 Å². The Morgan fingerprint density at radius 1 is 1.27 bits per heavy atom. The first-order valence-electron chi connectivity index (χ1n) is 2.22. The summed E-state index contributed by atoms with van der Waals surface area (Å²) in [6, 6.07) is 0. The molecule has 0 saturated heterocycles. The van der Waals surface area contributed by atoms with Crippen LogP contribution < -0.4 is 0 Å². The van der Waals surface area contributed by atoms with Gasteiger partial charge in [0.25, 0.3) is 6.47 Å². The summed E-state index contributed by atoms with van der Waals surface area (Å²) in [4.78, 5) is 28.2. The van der Waals surface area contributed by atoms with Crippen molar-refractivity contribution in [3.63, 3.8) is 0 Å². The van der Waals surface area contributed by atoms with Crippen LogP contribution in [0, 0.1) is 0 Å². The Morgan fingerprint density at radius 3 is 1.64 bits per heavy atom. The fourth-order valence-electron chi connectivity index (χ4n) is 0.303. The molecule has 0 fully saturated rings. The molecule has 1 N–H and O–H groups in total. The van der Waals surface area contributed by atoms with Crippen LogP contribution in [-0.2, 0) is 19.1 Å². The van der Waals surface area contributed by atoms with Crippen LogP contribution in [-0.4, -0.2) is 53.1 Å². The van der Waals surface area contributed by atoms with Crippen molar-refractivity contribution in [1.82, 2.24) is 0 Å². The number of esters is 2. The van der Waals surface area contributed by atoms with Gasteiger partial charge in [-0.05, 0) is 0 Å². The summed E-state index contributed by atoms with van der Waals surface area (Å²) in [5, 5.41) is 6.89. The topological polar surface area (TPSA) is 80.7 Å². The van der Waals surface area contributed by atoms with Crippen LogP contribution in [0.1, 0.15) is 0 Å². The number of rotatable bonds is 0. The fraction of sp³-hybridized carbons (Fsp3) is 0. The van der Waals surface area contributed by atoms with Crippen LogP contribution in [0.15, 0.2) is 12.2 Å². The number of carbonyl (C=O) groups excluding carboxylic acids is 2. The first-order chi connectivity index (χ1) is 4.70. The van der Waals surface area contributed by atoms with Gasteiger partial charge in [-0.1, -0.05) is 0 Å². The van der Waals surface area contributed by atoms with Crippen molar-refractivity contribution in [3.05, 3.63) is 12.2 Å². The summed E-state index contributed by atoms with van der Waals surface area (Å²) in [7, 11) is 0. The molecule has 1 heterocycles. The van der Waals surface area contributed by atoms with Gasteiger partial charge in [-0.2, -0.15) is 0 Å². The number of hydrogen-bond acceptors (Lipinski definition) is 4. The molecule has 0 bridgehead atoms. The molecule has 1 aliphatic rings. The zero-order chi connectivity index (χ0) is 7.98. The third-order valence-corrected chi connectivity index (χ3v) is 0.557. The van der Waals surface area contributed by atoms with E-state index in [1.165, 1.54) is 0 Å². The van der Waals surface area contributed by atoms with E-state index in [-0.39, 0.29) is 36.0 Å². The van der Waals surface area contributed by atoms with Gasteiger partial charge >= 0.3 is 41.5 Å². The van der Waals surface area contributed by atoms with Crippen LogP contribution in [0.3, 0.4) is 0 Å². The van der Waals surface area contributed by atoms with E-state index in [0.717, 1.165) is 12.2 Å². The van der Waals surface area contributed by atoms with E-state index in [2.05, 4.69) is 4.74 Å². The molecule has 0 aromatic carbocycles. The van der Waals surface area contributed by atoms with Crippen molar-refractivity contribution in [1.29, 1.82) is 0 Å². The molecule has 0 aromatic rings. The molecule has 11 heavy (non-hydrogen) atoms. The van der Waals surface area contributed by atoms with E-state index in [1.807, 2.05) is 0 Å². The van der Waals surface area contributed by atoms with E-state index in [4.69, 9.17) is 9.90 Å². The zero-order valence-corrected chi connectivity index (χ0v) is 4.81. The Bertz CT molecular complexity index is 169. The second-order valence-electron chi connectivity index (χ2n) is 1.18. The summed E-state index contributed by atoms with van der Waals surface area (Å²) < 4.78 is 3.97. The van der Waals surface area contributed by atoms with Gasteiger partial charge in [-0.15, -0.1) is 0 Å². The molecule has 6 heteroatoms. The fourth-order valence-corrected chi connectivity index (χ4v) is 0.303. The van der Waals surface area contributed by atoms with Crippen molar-refractivity contribution in [2.24, 2.45) is 0 Å². The monoisotopic (exact) mass is 168 g/mol. The third-order valence-electron chi connectivity index (χ3n) is 0.557. The summed E-state index contributed by atoms with van der Waals surface area (Å²) in [6.07, 6.45) is 2.17. The molecule has 0 unspecified atom stereocenters. The molecule has 0 radical (unpaired) electrons. The normalized spacial score (nSPS) is 12.4. The van der Waals surface area contributed by atoms with E-state index >= 15 is 0 Å². The minimum atomic E-state index is -0.579. The van der Waals surface area contributed by atoms with Crippen LogP contribution in [0.2, 0.25) is 0 Å². The molecule has 0 spiro atoms. The van der Waals surface area contributed by atoms with Gasteiger partial charge in [0.1, 0.15) is 0 Å². The Morgan fingerprint density at radius 2 is 1.55 bits per heavy atom. The first kappa shape index (κ1) is 13.0. The minimum absolute atomic E-state index is 0. The number of carbonyl (C=O) groups is 3. The molecular weight excluding hydrogens is 163 g/mol. The Kier molecular flexibility index (Phi) is 8.80. The second kappa shape index (κ2) is 7.46. The number of hydrogen-bond donors (Lipinski definition) is 1. The average Bonchev–Trinajstić information content (AvgIpc) is 2.17. The quantitative estimate of drug-likeness (QED) is 0.210. The Labute approximate surface area is 84.3 Å². The van der Waals surface area contributed by atoms with E-state index < -0.39 is 11.9 Å². The predicted molar refractivity (Wildman–Crippen MR) is 36.1 cm³/mol. The number of ether oxygens (including phenoxy) is 1. The predicted octanol–water partition coefficient (Wildman–Crippen LogP) is -1.32. The maximum atomic E-state index is 9.92. The summed E-state index contributed by atoms with van der Waals surface area (Å²) in [5.74, 6) is -1.16. The Balaban J connectivity index is 0. The van der Waals surface area contributed by atoms with Gasteiger partial charge in [-0.3, -0.25) is 4.79 Å². The second-order valence-corrected chi connectivity index (χ2v) is 1.18. The van der Waals surface area contributed by atoms with Crippen LogP contribution >= 0.6 is 0 Å². The molecule has 56 valence electrons. The molecule has 1 aliphatic heterocycles. The molecule has 0 atom stereocenters. The summed E-state index contributed by atoms with van der Waals surface area (Å²) in [6.45, 7) is -0.250. The van der Waals surface area contributed by atoms with Gasteiger partial charge in [0.15, 0.2) is 0 Å². The van der Waals surface area contributed by atoms with Crippen molar-refractivity contribution in [2.75, 3.05) is 0 Å². The molecule has 0 aromatic heterocycles. The first-order valence-corrected chi connectivity index (χ1v) is 2.22. The molecular formula is C5H5NaO5. The standard InChI is InChI=1S/C4H2O3.CH2O2.Na.H/c5-3-1-2-4(6)7-3;2-1-3;;/h1-2H;1H,(H,2,3);;. The van der Waals surface area contributed by atoms with Gasteiger partial charge in [0.2, 0.25) is 0 Å². The van der Waals surface area contributed by atoms with Gasteiger partial charge in [0, 0.05) is 12.2 Å². The van der Waals surface area contributed by atoms with Gasteiger partial charge in [0.05, 0.1) is 0 Å². The SMILES string of the molecule is O=C1C=CC(=O)O1.O=CO.[NaH]. The molecule has 0 aliphatic carbocycles. The zero-order valence-electron chi connectivity index (χ0n) is 4.81. The van der Waals surface area contributed by atoms with Crippen molar-refractivity contribution in [2.45, 2.75) is 0 Å². The molecule has 0 amide bonds. The summed E-state index contributed by atoms with van der Waals surface area (Å²) >= 11 is 0. The summed E-state index contributed by atoms with van der Waals surface area (Å²) in [5.41, 5.74) is 0. The van der Waals surface area contributed by atoms with Crippen LogP contribution in [0.4, 0.5) is 0 Å². The third kappa shape index (κ3) is 7.24. The molecule has 5 nitrogen and oxygen atoms in total. The average molecular weight is 168 g/mol. The molecule has 1 rings (SSSR count). The number of cyclic esters (lactones) is 2. The van der Waals surface area contributed by atoms with E-state index in [0.29, 0.717) is 0 Å². The molecule has 0 saturated carbocycles. The van der Waals surface area contributed by atoms with Gasteiger partial charge in [-0.25, -0.2) is 9.59 Å². The van der Waals surface area contributed by atoms with Crippen molar-refractivity contribution >= 4 is 48.0 Å². The van der Waals surface area contributed by atoms with E-state index in [1.54, 1.807) is 0 Å². The van der Waals surface area contributed by atoms with Crippen LogP contribution in [0.5, 0.6) is 0 Å². The van der Waals surface area contributed by atoms with Crippen LogP contribution in [0.25, 0.3) is 0 Å². The van der Waals surface area contributed by atoms with Gasteiger partial charge < -0.3 is 9.84 Å².